The quantitative estimate of drug-likeness (QED) is 0.391. The van der Waals surface area contributed by atoms with Crippen LogP contribution in [0.25, 0.3) is 28.5 Å². The van der Waals surface area contributed by atoms with Gasteiger partial charge in [0.15, 0.2) is 0 Å². The fourth-order valence-corrected chi connectivity index (χ4v) is 3.40. The lowest BCUT2D eigenvalue weighted by atomic mass is 10.1. The van der Waals surface area contributed by atoms with Gasteiger partial charge in [0, 0.05) is 28.9 Å². The van der Waals surface area contributed by atoms with Crippen molar-refractivity contribution in [3.8, 4) is 11.4 Å². The zero-order valence-electron chi connectivity index (χ0n) is 17.3. The zero-order chi connectivity index (χ0) is 21.9. The van der Waals surface area contributed by atoms with Gasteiger partial charge in [-0.1, -0.05) is 24.3 Å². The summed E-state index contributed by atoms with van der Waals surface area (Å²) in [5, 5.41) is 5.82. The Morgan fingerprint density at radius 3 is 2.41 bits per heavy atom. The summed E-state index contributed by atoms with van der Waals surface area (Å²) < 4.78 is 0. The van der Waals surface area contributed by atoms with E-state index in [1.807, 2.05) is 60.7 Å². The molecule has 0 aliphatic heterocycles. The van der Waals surface area contributed by atoms with Gasteiger partial charge in [-0.3, -0.25) is 9.59 Å². The van der Waals surface area contributed by atoms with E-state index in [2.05, 4.69) is 20.6 Å². The fourth-order valence-electron chi connectivity index (χ4n) is 3.40. The summed E-state index contributed by atoms with van der Waals surface area (Å²) in [6.07, 6.45) is 5.32. The number of fused-ring (bicyclic) bond motifs is 1. The summed E-state index contributed by atoms with van der Waals surface area (Å²) in [4.78, 5) is 32.2. The summed E-state index contributed by atoms with van der Waals surface area (Å²) in [6.45, 7) is 0. The Kier molecular flexibility index (Phi) is 5.25. The number of anilines is 1. The number of aromatic amines is 1. The maximum Gasteiger partial charge on any atom is 0.251 e. The van der Waals surface area contributed by atoms with Gasteiger partial charge in [-0.25, -0.2) is 4.98 Å². The lowest BCUT2D eigenvalue weighted by molar-refractivity contribution is -0.111. The number of imidazole rings is 1. The van der Waals surface area contributed by atoms with Crippen LogP contribution >= 0.6 is 0 Å². The van der Waals surface area contributed by atoms with Gasteiger partial charge in [0.1, 0.15) is 5.82 Å². The number of hydrogen-bond donors (Lipinski definition) is 3. The van der Waals surface area contributed by atoms with Crippen LogP contribution in [-0.2, 0) is 4.79 Å². The Labute approximate surface area is 185 Å². The highest BCUT2D eigenvalue weighted by atomic mass is 16.2. The van der Waals surface area contributed by atoms with Gasteiger partial charge < -0.3 is 15.6 Å². The number of nitrogens with zero attached hydrogens (tertiary/aromatic N) is 1. The average Bonchev–Trinajstić information content (AvgIpc) is 3.52. The summed E-state index contributed by atoms with van der Waals surface area (Å²) in [5.41, 5.74) is 5.03. The molecule has 1 aliphatic carbocycles. The number of amides is 2. The van der Waals surface area contributed by atoms with Crippen molar-refractivity contribution < 1.29 is 9.59 Å². The molecule has 4 aromatic rings. The van der Waals surface area contributed by atoms with Gasteiger partial charge in [-0.15, -0.1) is 0 Å². The first-order valence-corrected chi connectivity index (χ1v) is 10.6. The first-order valence-electron chi connectivity index (χ1n) is 10.6. The number of nitrogens with one attached hydrogen (secondary N) is 3. The lowest BCUT2D eigenvalue weighted by Gasteiger charge is -2.04. The first-order chi connectivity index (χ1) is 15.6. The summed E-state index contributed by atoms with van der Waals surface area (Å²) >= 11 is 0. The topological polar surface area (TPSA) is 86.9 Å². The monoisotopic (exact) mass is 422 g/mol. The first kappa shape index (κ1) is 19.8. The van der Waals surface area contributed by atoms with Crippen LogP contribution < -0.4 is 10.6 Å². The maximum absolute atomic E-state index is 12.3. The molecule has 6 heteroatoms. The fraction of sp³-hybridized carbons (Fsp3) is 0.115. The van der Waals surface area contributed by atoms with Crippen molar-refractivity contribution in [2.45, 2.75) is 18.9 Å². The molecule has 5 rings (SSSR count). The molecule has 0 saturated heterocycles. The van der Waals surface area contributed by atoms with E-state index < -0.39 is 0 Å². The second-order valence-electron chi connectivity index (χ2n) is 7.87. The molecule has 1 aliphatic rings. The van der Waals surface area contributed by atoms with Crippen molar-refractivity contribution in [1.29, 1.82) is 0 Å². The van der Waals surface area contributed by atoms with Gasteiger partial charge in [0.25, 0.3) is 5.91 Å². The molecule has 1 fully saturated rings. The van der Waals surface area contributed by atoms with Crippen molar-refractivity contribution in [3.05, 3.63) is 90.0 Å². The van der Waals surface area contributed by atoms with E-state index in [4.69, 9.17) is 0 Å². The molecule has 1 heterocycles. The van der Waals surface area contributed by atoms with E-state index in [-0.39, 0.29) is 11.8 Å². The van der Waals surface area contributed by atoms with Crippen LogP contribution in [0.1, 0.15) is 28.8 Å². The number of H-pyrrole nitrogens is 1. The van der Waals surface area contributed by atoms with Gasteiger partial charge in [-0.05, 0) is 73.0 Å². The zero-order valence-corrected chi connectivity index (χ0v) is 17.3. The minimum Gasteiger partial charge on any atom is -0.349 e. The maximum atomic E-state index is 12.3. The molecule has 158 valence electrons. The molecule has 0 radical (unpaired) electrons. The van der Waals surface area contributed by atoms with Gasteiger partial charge in [0.05, 0.1) is 11.0 Å². The van der Waals surface area contributed by atoms with Crippen LogP contribution in [0.2, 0.25) is 0 Å². The van der Waals surface area contributed by atoms with Gasteiger partial charge in [0.2, 0.25) is 5.91 Å². The van der Waals surface area contributed by atoms with E-state index in [1.165, 1.54) is 6.08 Å². The number of benzene rings is 3. The normalized spacial score (nSPS) is 13.4. The third kappa shape index (κ3) is 4.59. The molecule has 3 N–H and O–H groups in total. The SMILES string of the molecule is O=C(/C=C/c1ccc(C(=O)NC2CC2)cc1)Nc1ccc(-c2nc3ccccc3[nH]2)cc1. The Balaban J connectivity index is 1.19. The third-order valence-corrected chi connectivity index (χ3v) is 5.33. The molecule has 0 bridgehead atoms. The third-order valence-electron chi connectivity index (χ3n) is 5.33. The molecular weight excluding hydrogens is 400 g/mol. The van der Waals surface area contributed by atoms with E-state index >= 15 is 0 Å². The van der Waals surface area contributed by atoms with Crippen molar-refractivity contribution in [2.75, 3.05) is 5.32 Å². The van der Waals surface area contributed by atoms with Crippen LogP contribution in [0.4, 0.5) is 5.69 Å². The van der Waals surface area contributed by atoms with Crippen molar-refractivity contribution in [2.24, 2.45) is 0 Å². The number of carbonyl (C=O) groups is 2. The number of carbonyl (C=O) groups excluding carboxylic acids is 2. The molecule has 6 nitrogen and oxygen atoms in total. The molecule has 0 spiro atoms. The van der Waals surface area contributed by atoms with Crippen LogP contribution in [0.15, 0.2) is 78.9 Å². The number of rotatable bonds is 6. The number of aromatic nitrogens is 2. The van der Waals surface area contributed by atoms with E-state index in [0.29, 0.717) is 17.3 Å². The predicted molar refractivity (Wildman–Crippen MR) is 126 cm³/mol. The van der Waals surface area contributed by atoms with Crippen molar-refractivity contribution in [1.82, 2.24) is 15.3 Å². The van der Waals surface area contributed by atoms with Crippen molar-refractivity contribution in [3.63, 3.8) is 0 Å². The van der Waals surface area contributed by atoms with Crippen LogP contribution in [0.5, 0.6) is 0 Å². The second kappa shape index (κ2) is 8.51. The highest BCUT2D eigenvalue weighted by molar-refractivity contribution is 6.02. The Morgan fingerprint density at radius 1 is 0.938 bits per heavy atom. The molecule has 32 heavy (non-hydrogen) atoms. The molecule has 1 aromatic heterocycles. The number of para-hydroxylation sites is 2. The molecule has 0 unspecified atom stereocenters. The minimum atomic E-state index is -0.225. The Bertz CT molecular complexity index is 1270. The Morgan fingerprint density at radius 2 is 1.69 bits per heavy atom. The summed E-state index contributed by atoms with van der Waals surface area (Å²) in [5.74, 6) is 0.516. The summed E-state index contributed by atoms with van der Waals surface area (Å²) in [6, 6.07) is 22.9. The van der Waals surface area contributed by atoms with Crippen molar-refractivity contribution >= 4 is 34.6 Å². The van der Waals surface area contributed by atoms with Crippen LogP contribution in [0.3, 0.4) is 0 Å². The molecule has 3 aromatic carbocycles. The highest BCUT2D eigenvalue weighted by Crippen LogP contribution is 2.22. The molecule has 2 amide bonds. The largest absolute Gasteiger partial charge is 0.349 e. The smallest absolute Gasteiger partial charge is 0.251 e. The molecule has 1 saturated carbocycles. The van der Waals surface area contributed by atoms with Gasteiger partial charge >= 0.3 is 0 Å². The van der Waals surface area contributed by atoms with Gasteiger partial charge in [-0.2, -0.15) is 0 Å². The number of hydrogen-bond acceptors (Lipinski definition) is 3. The average molecular weight is 422 g/mol. The molecule has 0 atom stereocenters. The van der Waals surface area contributed by atoms with E-state index in [0.717, 1.165) is 40.8 Å². The minimum absolute atomic E-state index is 0.0492. The molecular formula is C26H22N4O2. The summed E-state index contributed by atoms with van der Waals surface area (Å²) in [7, 11) is 0. The van der Waals surface area contributed by atoms with E-state index in [9.17, 15) is 9.59 Å². The lowest BCUT2D eigenvalue weighted by Crippen LogP contribution is -2.25. The van der Waals surface area contributed by atoms with Crippen LogP contribution in [-0.4, -0.2) is 27.8 Å². The van der Waals surface area contributed by atoms with E-state index in [1.54, 1.807) is 18.2 Å². The predicted octanol–water partition coefficient (Wildman–Crippen LogP) is 4.77. The Hall–Kier alpha value is -4.19. The second-order valence-corrected chi connectivity index (χ2v) is 7.87. The highest BCUT2D eigenvalue weighted by Gasteiger charge is 2.23. The standard InChI is InChI=1S/C26H22N4O2/c31-24(16-7-17-5-8-19(9-6-17)26(32)28-21-14-15-21)27-20-12-10-18(11-13-20)25-29-22-3-1-2-4-23(22)30-25/h1-13,16,21H,14-15H2,(H,27,31)(H,28,32)(H,29,30)/b16-7+. The van der Waals surface area contributed by atoms with Crippen LogP contribution in [0, 0.1) is 0 Å².